The summed E-state index contributed by atoms with van der Waals surface area (Å²) in [5, 5.41) is 54.8. The number of hydrogen-bond donors (Lipinski definition) is 6. The van der Waals surface area contributed by atoms with Crippen molar-refractivity contribution in [2.24, 2.45) is 0 Å². The molecular formula is C9H18O9. The second-order valence-electron chi connectivity index (χ2n) is 3.88. The summed E-state index contributed by atoms with van der Waals surface area (Å²) < 4.78 is 4.95. The van der Waals surface area contributed by atoms with Gasteiger partial charge in [-0.05, 0) is 0 Å². The Hall–Kier alpha value is -0.360. The number of aliphatic hydroxyl groups is 6. The molecule has 0 unspecified atom stereocenters. The van der Waals surface area contributed by atoms with Crippen molar-refractivity contribution in [2.45, 2.75) is 36.8 Å². The Balaban J connectivity index is 2.53. The Labute approximate surface area is 103 Å². The molecule has 0 spiro atoms. The normalized spacial score (nSPS) is 37.2. The van der Waals surface area contributed by atoms with Gasteiger partial charge in [0.1, 0.15) is 30.5 Å². The third-order valence-corrected chi connectivity index (χ3v) is 2.54. The lowest BCUT2D eigenvalue weighted by Crippen LogP contribution is -2.59. The molecule has 9 nitrogen and oxygen atoms in total. The quantitative estimate of drug-likeness (QED) is 0.210. The second-order valence-corrected chi connectivity index (χ2v) is 3.88. The summed E-state index contributed by atoms with van der Waals surface area (Å²) in [7, 11) is 0. The molecule has 0 aliphatic carbocycles. The molecule has 108 valence electrons. The van der Waals surface area contributed by atoms with Crippen molar-refractivity contribution in [1.82, 2.24) is 0 Å². The van der Waals surface area contributed by atoms with E-state index >= 15 is 0 Å². The molecule has 1 aliphatic heterocycles. The molecule has 1 rings (SSSR count). The Bertz CT molecular complexity index is 232. The molecule has 0 saturated carbocycles. The van der Waals surface area contributed by atoms with E-state index in [9.17, 15) is 15.3 Å². The van der Waals surface area contributed by atoms with E-state index in [2.05, 4.69) is 9.78 Å². The molecule has 1 saturated heterocycles. The highest BCUT2D eigenvalue weighted by molar-refractivity contribution is 4.88. The van der Waals surface area contributed by atoms with Gasteiger partial charge in [-0.15, -0.1) is 0 Å². The van der Waals surface area contributed by atoms with Gasteiger partial charge in [0.2, 0.25) is 6.29 Å². The number of rotatable bonds is 6. The van der Waals surface area contributed by atoms with Crippen LogP contribution >= 0.6 is 0 Å². The van der Waals surface area contributed by atoms with Crippen molar-refractivity contribution >= 4 is 0 Å². The molecule has 5 atom stereocenters. The first kappa shape index (κ1) is 15.7. The molecule has 1 aliphatic rings. The zero-order valence-electron chi connectivity index (χ0n) is 9.49. The monoisotopic (exact) mass is 270 g/mol. The van der Waals surface area contributed by atoms with Gasteiger partial charge in [-0.25, -0.2) is 9.78 Å². The van der Waals surface area contributed by atoms with E-state index < -0.39 is 56.6 Å². The van der Waals surface area contributed by atoms with E-state index in [1.807, 2.05) is 0 Å². The van der Waals surface area contributed by atoms with Gasteiger partial charge in [-0.1, -0.05) is 0 Å². The lowest BCUT2D eigenvalue weighted by atomic mass is 9.99. The average molecular weight is 270 g/mol. The topological polar surface area (TPSA) is 149 Å². The third-order valence-electron chi connectivity index (χ3n) is 2.54. The zero-order chi connectivity index (χ0) is 13.7. The van der Waals surface area contributed by atoms with Gasteiger partial charge in [0.25, 0.3) is 0 Å². The molecule has 0 aromatic rings. The molecule has 6 N–H and O–H groups in total. The summed E-state index contributed by atoms with van der Waals surface area (Å²) in [4.78, 5) is 9.18. The molecule has 1 fully saturated rings. The average Bonchev–Trinajstić information content (AvgIpc) is 2.39. The van der Waals surface area contributed by atoms with E-state index in [1.54, 1.807) is 0 Å². The molecule has 0 aromatic carbocycles. The van der Waals surface area contributed by atoms with Gasteiger partial charge in [0.15, 0.2) is 0 Å². The molecule has 18 heavy (non-hydrogen) atoms. The zero-order valence-corrected chi connectivity index (χ0v) is 9.49. The van der Waals surface area contributed by atoms with Gasteiger partial charge >= 0.3 is 0 Å². The molecule has 0 aromatic heterocycles. The Kier molecular flexibility index (Phi) is 6.35. The van der Waals surface area contributed by atoms with Crippen molar-refractivity contribution in [3.63, 3.8) is 0 Å². The Morgan fingerprint density at radius 3 is 2.06 bits per heavy atom. The van der Waals surface area contributed by atoms with Crippen LogP contribution in [0, 0.1) is 0 Å². The van der Waals surface area contributed by atoms with E-state index in [0.717, 1.165) is 0 Å². The van der Waals surface area contributed by atoms with Crippen LogP contribution in [0.2, 0.25) is 0 Å². The predicted octanol–water partition coefficient (Wildman–Crippen LogP) is -3.91. The third kappa shape index (κ3) is 3.57. The first-order chi connectivity index (χ1) is 8.54. The van der Waals surface area contributed by atoms with Crippen LogP contribution in [0.25, 0.3) is 0 Å². The first-order valence-corrected chi connectivity index (χ1v) is 5.39. The van der Waals surface area contributed by atoms with Crippen molar-refractivity contribution < 1.29 is 45.2 Å². The van der Waals surface area contributed by atoms with Crippen LogP contribution in [0.3, 0.4) is 0 Å². The summed E-state index contributed by atoms with van der Waals surface area (Å²) in [6.07, 6.45) is -8.26. The van der Waals surface area contributed by atoms with Crippen LogP contribution in [0.4, 0.5) is 0 Å². The standard InChI is InChI=1S/C9H18O9/c10-1-4(2-11)17-18-9-8(15)7(14)6(13)5(3-12)16-9/h4-15H,1-3H2/t5-,6-,7+,8-,9-/m1/s1. The maximum atomic E-state index is 9.53. The Morgan fingerprint density at radius 1 is 0.944 bits per heavy atom. The van der Waals surface area contributed by atoms with Crippen LogP contribution in [0.15, 0.2) is 0 Å². The maximum absolute atomic E-state index is 9.53. The minimum Gasteiger partial charge on any atom is -0.394 e. The Morgan fingerprint density at radius 2 is 1.56 bits per heavy atom. The van der Waals surface area contributed by atoms with E-state index in [-0.39, 0.29) is 0 Å². The molecule has 0 radical (unpaired) electrons. The van der Waals surface area contributed by atoms with Crippen LogP contribution in [-0.4, -0.2) is 87.3 Å². The highest BCUT2D eigenvalue weighted by Gasteiger charge is 2.44. The van der Waals surface area contributed by atoms with Gasteiger partial charge in [0, 0.05) is 0 Å². The van der Waals surface area contributed by atoms with E-state index in [0.29, 0.717) is 0 Å². The van der Waals surface area contributed by atoms with Gasteiger partial charge in [0.05, 0.1) is 19.8 Å². The molecular weight excluding hydrogens is 252 g/mol. The fourth-order valence-electron chi connectivity index (χ4n) is 1.40. The lowest BCUT2D eigenvalue weighted by Gasteiger charge is -2.38. The highest BCUT2D eigenvalue weighted by Crippen LogP contribution is 2.22. The van der Waals surface area contributed by atoms with Crippen LogP contribution in [0.1, 0.15) is 0 Å². The summed E-state index contributed by atoms with van der Waals surface area (Å²) in [5.41, 5.74) is 0. The maximum Gasteiger partial charge on any atom is 0.220 e. The molecule has 9 heteroatoms. The summed E-state index contributed by atoms with van der Waals surface area (Å²) in [6, 6.07) is 0. The van der Waals surface area contributed by atoms with Crippen molar-refractivity contribution in [3.8, 4) is 0 Å². The second kappa shape index (κ2) is 7.28. The first-order valence-electron chi connectivity index (χ1n) is 5.39. The van der Waals surface area contributed by atoms with Gasteiger partial charge < -0.3 is 35.4 Å². The van der Waals surface area contributed by atoms with Crippen LogP contribution in [0.5, 0.6) is 0 Å². The lowest BCUT2D eigenvalue weighted by molar-refractivity contribution is -0.442. The number of hydrogen-bond acceptors (Lipinski definition) is 9. The van der Waals surface area contributed by atoms with Crippen molar-refractivity contribution in [3.05, 3.63) is 0 Å². The van der Waals surface area contributed by atoms with E-state index in [1.165, 1.54) is 0 Å². The van der Waals surface area contributed by atoms with E-state index in [4.69, 9.17) is 20.1 Å². The van der Waals surface area contributed by atoms with Crippen LogP contribution in [-0.2, 0) is 14.5 Å². The van der Waals surface area contributed by atoms with Crippen LogP contribution < -0.4 is 0 Å². The molecule has 0 bridgehead atoms. The van der Waals surface area contributed by atoms with Crippen molar-refractivity contribution in [2.75, 3.05) is 19.8 Å². The minimum atomic E-state index is -1.60. The highest BCUT2D eigenvalue weighted by atomic mass is 17.2. The van der Waals surface area contributed by atoms with Crippen molar-refractivity contribution in [1.29, 1.82) is 0 Å². The van der Waals surface area contributed by atoms with Gasteiger partial charge in [-0.3, -0.25) is 0 Å². The number of aliphatic hydroxyl groups excluding tert-OH is 6. The fourth-order valence-corrected chi connectivity index (χ4v) is 1.40. The minimum absolute atomic E-state index is 0.520. The summed E-state index contributed by atoms with van der Waals surface area (Å²) in [6.45, 7) is -1.63. The molecule has 0 amide bonds. The van der Waals surface area contributed by atoms with Gasteiger partial charge in [-0.2, -0.15) is 0 Å². The SMILES string of the molecule is OCC(CO)OO[C@H]1O[C@H](CO)[C@@H](O)[C@H](O)[C@H]1O. The largest absolute Gasteiger partial charge is 0.394 e. The summed E-state index contributed by atoms with van der Waals surface area (Å²) in [5.74, 6) is 0. The smallest absolute Gasteiger partial charge is 0.220 e. The molecule has 1 heterocycles. The predicted molar refractivity (Wildman–Crippen MR) is 53.9 cm³/mol. The number of ether oxygens (including phenoxy) is 1. The summed E-state index contributed by atoms with van der Waals surface area (Å²) >= 11 is 0. The fraction of sp³-hybridized carbons (Fsp3) is 1.00.